The Balaban J connectivity index is 1.98. The van der Waals surface area contributed by atoms with Crippen molar-refractivity contribution in [3.63, 3.8) is 0 Å². The Morgan fingerprint density at radius 1 is 1.47 bits per heavy atom. The Morgan fingerprint density at radius 2 is 2.18 bits per heavy atom. The molecule has 1 aromatic rings. The maximum atomic E-state index is 12.3. The minimum atomic E-state index is -0.0136. The van der Waals surface area contributed by atoms with Gasteiger partial charge in [-0.3, -0.25) is 4.79 Å². The zero-order chi connectivity index (χ0) is 12.3. The number of nitrogens with zero attached hydrogens (tertiary/aromatic N) is 1. The Morgan fingerprint density at radius 3 is 2.76 bits per heavy atom. The standard InChI is InChI=1S/C13H19NO3/c1-10(12-4-3-7-17-12)14(2)13(15)11-5-8-16-9-6-11/h3-4,7,10-11H,5-6,8-9H2,1-2H3. The molecule has 0 spiro atoms. The van der Waals surface area contributed by atoms with E-state index in [2.05, 4.69) is 0 Å². The van der Waals surface area contributed by atoms with Crippen LogP contribution < -0.4 is 0 Å². The lowest BCUT2D eigenvalue weighted by Gasteiger charge is -2.29. The molecule has 4 nitrogen and oxygen atoms in total. The molecule has 1 aliphatic heterocycles. The van der Waals surface area contributed by atoms with Crippen molar-refractivity contribution >= 4 is 5.91 Å². The number of furan rings is 1. The minimum Gasteiger partial charge on any atom is -0.467 e. The van der Waals surface area contributed by atoms with E-state index >= 15 is 0 Å². The van der Waals surface area contributed by atoms with Crippen molar-refractivity contribution < 1.29 is 13.9 Å². The van der Waals surface area contributed by atoms with Crippen molar-refractivity contribution in [3.8, 4) is 0 Å². The van der Waals surface area contributed by atoms with Gasteiger partial charge in [0, 0.05) is 26.2 Å². The highest BCUT2D eigenvalue weighted by Gasteiger charge is 2.28. The van der Waals surface area contributed by atoms with Gasteiger partial charge in [0.2, 0.25) is 5.91 Å². The molecule has 1 saturated heterocycles. The first-order valence-electron chi connectivity index (χ1n) is 6.08. The van der Waals surface area contributed by atoms with Crippen LogP contribution in [0.2, 0.25) is 0 Å². The van der Waals surface area contributed by atoms with Crippen molar-refractivity contribution in [2.75, 3.05) is 20.3 Å². The molecule has 1 amide bonds. The highest BCUT2D eigenvalue weighted by atomic mass is 16.5. The van der Waals surface area contributed by atoms with Crippen LogP contribution in [0.3, 0.4) is 0 Å². The summed E-state index contributed by atoms with van der Waals surface area (Å²) < 4.78 is 10.6. The molecular weight excluding hydrogens is 218 g/mol. The van der Waals surface area contributed by atoms with Crippen LogP contribution in [0.4, 0.5) is 0 Å². The predicted molar refractivity (Wildman–Crippen MR) is 63.4 cm³/mol. The molecule has 0 bridgehead atoms. The largest absolute Gasteiger partial charge is 0.467 e. The third-order valence-electron chi connectivity index (χ3n) is 3.45. The molecule has 2 heterocycles. The van der Waals surface area contributed by atoms with Crippen LogP contribution in [0.25, 0.3) is 0 Å². The van der Waals surface area contributed by atoms with Crippen LogP contribution in [0.15, 0.2) is 22.8 Å². The summed E-state index contributed by atoms with van der Waals surface area (Å²) in [5.74, 6) is 1.12. The average molecular weight is 237 g/mol. The summed E-state index contributed by atoms with van der Waals surface area (Å²) in [7, 11) is 1.84. The van der Waals surface area contributed by atoms with Crippen LogP contribution >= 0.6 is 0 Å². The smallest absolute Gasteiger partial charge is 0.226 e. The van der Waals surface area contributed by atoms with Crippen LogP contribution in [0.1, 0.15) is 31.6 Å². The molecular formula is C13H19NO3. The third kappa shape index (κ3) is 2.69. The maximum absolute atomic E-state index is 12.3. The molecule has 1 aliphatic rings. The van der Waals surface area contributed by atoms with Crippen molar-refractivity contribution in [3.05, 3.63) is 24.2 Å². The quantitative estimate of drug-likeness (QED) is 0.809. The van der Waals surface area contributed by atoms with Gasteiger partial charge in [0.05, 0.1) is 12.3 Å². The summed E-state index contributed by atoms with van der Waals surface area (Å²) in [5, 5.41) is 0. The monoisotopic (exact) mass is 237 g/mol. The highest BCUT2D eigenvalue weighted by Crippen LogP contribution is 2.24. The Hall–Kier alpha value is -1.29. The summed E-state index contributed by atoms with van der Waals surface area (Å²) in [6, 6.07) is 3.73. The fourth-order valence-electron chi connectivity index (χ4n) is 2.14. The molecule has 4 heteroatoms. The summed E-state index contributed by atoms with van der Waals surface area (Å²) in [5.41, 5.74) is 0. The summed E-state index contributed by atoms with van der Waals surface area (Å²) in [6.45, 7) is 3.37. The zero-order valence-electron chi connectivity index (χ0n) is 10.4. The normalized spacial score (nSPS) is 18.9. The molecule has 1 atom stereocenters. The molecule has 1 unspecified atom stereocenters. The lowest BCUT2D eigenvalue weighted by Crippen LogP contribution is -2.37. The van der Waals surface area contributed by atoms with Gasteiger partial charge in [-0.2, -0.15) is 0 Å². The Kier molecular flexibility index (Phi) is 3.84. The van der Waals surface area contributed by atoms with E-state index in [0.29, 0.717) is 13.2 Å². The van der Waals surface area contributed by atoms with Crippen LogP contribution in [-0.4, -0.2) is 31.1 Å². The molecule has 0 saturated carbocycles. The van der Waals surface area contributed by atoms with E-state index in [9.17, 15) is 4.79 Å². The molecule has 1 fully saturated rings. The number of hydrogen-bond donors (Lipinski definition) is 0. The highest BCUT2D eigenvalue weighted by molar-refractivity contribution is 5.79. The Bertz CT molecular complexity index is 355. The van der Waals surface area contributed by atoms with Gasteiger partial charge < -0.3 is 14.1 Å². The first kappa shape index (κ1) is 12.2. The van der Waals surface area contributed by atoms with E-state index in [0.717, 1.165) is 18.6 Å². The van der Waals surface area contributed by atoms with Gasteiger partial charge in [0.1, 0.15) is 5.76 Å². The number of carbonyl (C=O) groups is 1. The molecule has 0 aliphatic carbocycles. The molecule has 0 radical (unpaired) electrons. The van der Waals surface area contributed by atoms with E-state index in [-0.39, 0.29) is 17.9 Å². The SMILES string of the molecule is CC(c1ccco1)N(C)C(=O)C1CCOCC1. The molecule has 0 N–H and O–H groups in total. The van der Waals surface area contributed by atoms with E-state index in [1.807, 2.05) is 26.1 Å². The van der Waals surface area contributed by atoms with Crippen LogP contribution in [0.5, 0.6) is 0 Å². The van der Waals surface area contributed by atoms with Gasteiger partial charge in [-0.05, 0) is 31.9 Å². The molecule has 2 rings (SSSR count). The number of carbonyl (C=O) groups excluding carboxylic acids is 1. The lowest BCUT2D eigenvalue weighted by atomic mass is 9.98. The Labute approximate surface area is 102 Å². The fraction of sp³-hybridized carbons (Fsp3) is 0.615. The lowest BCUT2D eigenvalue weighted by molar-refractivity contribution is -0.139. The van der Waals surface area contributed by atoms with Crippen molar-refractivity contribution in [2.24, 2.45) is 5.92 Å². The number of ether oxygens (including phenoxy) is 1. The van der Waals surface area contributed by atoms with Gasteiger partial charge in [0.25, 0.3) is 0 Å². The van der Waals surface area contributed by atoms with E-state index < -0.39 is 0 Å². The van der Waals surface area contributed by atoms with Crippen LogP contribution in [-0.2, 0) is 9.53 Å². The summed E-state index contributed by atoms with van der Waals surface area (Å²) in [6.07, 6.45) is 3.29. The first-order valence-corrected chi connectivity index (χ1v) is 6.08. The summed E-state index contributed by atoms with van der Waals surface area (Å²) in [4.78, 5) is 14.0. The first-order chi connectivity index (χ1) is 8.20. The van der Waals surface area contributed by atoms with E-state index in [1.54, 1.807) is 11.2 Å². The van der Waals surface area contributed by atoms with Gasteiger partial charge in [-0.15, -0.1) is 0 Å². The zero-order valence-corrected chi connectivity index (χ0v) is 10.4. The average Bonchev–Trinajstić information content (AvgIpc) is 2.91. The van der Waals surface area contributed by atoms with Crippen molar-refractivity contribution in [1.82, 2.24) is 4.90 Å². The van der Waals surface area contributed by atoms with Gasteiger partial charge in [-0.25, -0.2) is 0 Å². The second kappa shape index (κ2) is 5.36. The second-order valence-corrected chi connectivity index (χ2v) is 4.53. The predicted octanol–water partition coefficient (Wildman–Crippen LogP) is 2.23. The van der Waals surface area contributed by atoms with Crippen LogP contribution in [0, 0.1) is 5.92 Å². The van der Waals surface area contributed by atoms with Gasteiger partial charge in [-0.1, -0.05) is 0 Å². The number of rotatable bonds is 3. The maximum Gasteiger partial charge on any atom is 0.226 e. The molecule has 17 heavy (non-hydrogen) atoms. The third-order valence-corrected chi connectivity index (χ3v) is 3.45. The second-order valence-electron chi connectivity index (χ2n) is 4.53. The van der Waals surface area contributed by atoms with E-state index in [1.165, 1.54) is 0 Å². The number of amides is 1. The topological polar surface area (TPSA) is 42.7 Å². The van der Waals surface area contributed by atoms with Gasteiger partial charge >= 0.3 is 0 Å². The fourth-order valence-corrected chi connectivity index (χ4v) is 2.14. The number of hydrogen-bond acceptors (Lipinski definition) is 3. The van der Waals surface area contributed by atoms with Gasteiger partial charge in [0.15, 0.2) is 0 Å². The molecule has 1 aromatic heterocycles. The molecule has 0 aromatic carbocycles. The summed E-state index contributed by atoms with van der Waals surface area (Å²) >= 11 is 0. The van der Waals surface area contributed by atoms with Crippen molar-refractivity contribution in [2.45, 2.75) is 25.8 Å². The van der Waals surface area contributed by atoms with E-state index in [4.69, 9.17) is 9.15 Å². The minimum absolute atomic E-state index is 0.0136. The molecule has 94 valence electrons. The van der Waals surface area contributed by atoms with Crippen molar-refractivity contribution in [1.29, 1.82) is 0 Å².